The monoisotopic (exact) mass is 486 g/mol. The second-order valence-corrected chi connectivity index (χ2v) is 8.96. The molecule has 1 aromatic carbocycles. The highest BCUT2D eigenvalue weighted by Crippen LogP contribution is 2.38. The number of aliphatic imine (C=N–C) groups is 2. The first-order valence-corrected chi connectivity index (χ1v) is 11.8. The van der Waals surface area contributed by atoms with Crippen LogP contribution in [0, 0.1) is 11.3 Å². The lowest BCUT2D eigenvalue weighted by Crippen LogP contribution is -2.49. The number of piperazine rings is 1. The number of urea groups is 1. The van der Waals surface area contributed by atoms with Gasteiger partial charge in [-0.25, -0.2) is 35.6 Å². The molecule has 2 N–H and O–H groups in total. The Morgan fingerprint density at radius 2 is 1.92 bits per heavy atom. The zero-order valence-corrected chi connectivity index (χ0v) is 19.9. The van der Waals surface area contributed by atoms with Crippen molar-refractivity contribution in [3.63, 3.8) is 0 Å². The molecule has 12 heteroatoms. The zero-order valence-electron chi connectivity index (χ0n) is 19.9. The van der Waals surface area contributed by atoms with E-state index in [9.17, 15) is 4.79 Å². The highest BCUT2D eigenvalue weighted by atomic mass is 16.3. The Hall–Kier alpha value is -4.34. The predicted octanol–water partition coefficient (Wildman–Crippen LogP) is 1.14. The second kappa shape index (κ2) is 8.71. The Kier molecular flexibility index (Phi) is 5.36. The number of nitrogens with two attached hydrogens (primary N) is 1. The van der Waals surface area contributed by atoms with Crippen molar-refractivity contribution in [3.05, 3.63) is 59.7 Å². The molecule has 1 atom stereocenters. The summed E-state index contributed by atoms with van der Waals surface area (Å²) in [7, 11) is 1.73. The van der Waals surface area contributed by atoms with E-state index in [1.54, 1.807) is 29.3 Å². The standard InChI is InChI=1S/C24H26N10O2/c1-29-24(35)32(13-10-30-8-11-31(12-9-30)18-6-4-17(15-25)5-7-18)23-28-22-21(34(23)29)20(27-16-33(22)26)19-3-2-14-36-19/h2-7,14,16,23H,8-13,26H2,1H3. The van der Waals surface area contributed by atoms with Gasteiger partial charge in [0.1, 0.15) is 17.7 Å². The number of amidine groups is 1. The molecule has 1 aromatic heterocycles. The molecule has 184 valence electrons. The van der Waals surface area contributed by atoms with E-state index >= 15 is 0 Å². The Morgan fingerprint density at radius 3 is 2.61 bits per heavy atom. The molecule has 4 aliphatic heterocycles. The van der Waals surface area contributed by atoms with E-state index in [2.05, 4.69) is 20.9 Å². The van der Waals surface area contributed by atoms with Crippen LogP contribution in [0.25, 0.3) is 5.70 Å². The minimum atomic E-state index is -0.523. The fraction of sp³-hybridized carbons (Fsp3) is 0.333. The van der Waals surface area contributed by atoms with E-state index in [-0.39, 0.29) is 6.03 Å². The van der Waals surface area contributed by atoms with E-state index in [0.29, 0.717) is 35.1 Å². The number of carbonyl (C=O) groups excluding carboxylic acids is 1. The Morgan fingerprint density at radius 1 is 1.14 bits per heavy atom. The van der Waals surface area contributed by atoms with Crippen LogP contribution in [-0.4, -0.2) is 95.6 Å². The lowest BCUT2D eigenvalue weighted by atomic mass is 10.2. The molecule has 2 amide bonds. The third kappa shape index (κ3) is 3.57. The third-order valence-electron chi connectivity index (χ3n) is 6.95. The molecule has 0 aliphatic carbocycles. The smallest absolute Gasteiger partial charge is 0.341 e. The second-order valence-electron chi connectivity index (χ2n) is 8.96. The Balaban J connectivity index is 1.14. The molecule has 0 spiro atoms. The number of nitrogens with zero attached hydrogens (tertiary/aromatic N) is 9. The van der Waals surface area contributed by atoms with Crippen LogP contribution >= 0.6 is 0 Å². The van der Waals surface area contributed by atoms with E-state index in [1.807, 2.05) is 35.3 Å². The van der Waals surface area contributed by atoms with Crippen LogP contribution in [0.2, 0.25) is 0 Å². The van der Waals surface area contributed by atoms with E-state index in [1.165, 1.54) is 11.3 Å². The highest BCUT2D eigenvalue weighted by molar-refractivity contribution is 6.12. The number of hydrazine groups is 2. The fourth-order valence-electron chi connectivity index (χ4n) is 5.00. The molecule has 2 fully saturated rings. The first-order chi connectivity index (χ1) is 17.5. The van der Waals surface area contributed by atoms with Crippen molar-refractivity contribution in [2.75, 3.05) is 51.2 Å². The van der Waals surface area contributed by atoms with Crippen molar-refractivity contribution in [2.24, 2.45) is 15.8 Å². The van der Waals surface area contributed by atoms with Gasteiger partial charge in [0.15, 0.2) is 11.6 Å². The van der Waals surface area contributed by atoms with Gasteiger partial charge in [-0.3, -0.25) is 9.80 Å². The van der Waals surface area contributed by atoms with Crippen molar-refractivity contribution in [1.29, 1.82) is 5.26 Å². The van der Waals surface area contributed by atoms with Crippen LogP contribution in [0.4, 0.5) is 10.5 Å². The number of anilines is 1. The molecule has 0 bridgehead atoms. The van der Waals surface area contributed by atoms with Gasteiger partial charge in [-0.15, -0.1) is 0 Å². The SMILES string of the molecule is CN1C(=O)N(CCN2CCN(c3ccc(C#N)cc3)CC2)C2N=C3C(=C(c4ccco4)N=CN3N)N21. The molecular weight excluding hydrogens is 460 g/mol. The molecule has 1 unspecified atom stereocenters. The number of nitriles is 1. The summed E-state index contributed by atoms with van der Waals surface area (Å²) in [6, 6.07) is 13.4. The fourth-order valence-corrected chi connectivity index (χ4v) is 5.00. The Labute approximate surface area is 208 Å². The van der Waals surface area contributed by atoms with Crippen LogP contribution in [-0.2, 0) is 0 Å². The number of rotatable bonds is 5. The molecule has 0 saturated carbocycles. The van der Waals surface area contributed by atoms with Gasteiger partial charge in [0.2, 0.25) is 6.29 Å². The van der Waals surface area contributed by atoms with Gasteiger partial charge in [0, 0.05) is 52.0 Å². The topological polar surface area (TPSA) is 124 Å². The van der Waals surface area contributed by atoms with Gasteiger partial charge in [0.25, 0.3) is 0 Å². The maximum Gasteiger partial charge on any atom is 0.341 e. The summed E-state index contributed by atoms with van der Waals surface area (Å²) in [4.78, 5) is 28.9. The summed E-state index contributed by atoms with van der Waals surface area (Å²) in [5.41, 5.74) is 3.02. The van der Waals surface area contributed by atoms with Crippen LogP contribution in [0.1, 0.15) is 11.3 Å². The molecule has 2 saturated heterocycles. The minimum Gasteiger partial charge on any atom is -0.463 e. The van der Waals surface area contributed by atoms with Gasteiger partial charge in [0.05, 0.1) is 17.9 Å². The molecule has 12 nitrogen and oxygen atoms in total. The summed E-state index contributed by atoms with van der Waals surface area (Å²) in [5, 5.41) is 13.8. The predicted molar refractivity (Wildman–Crippen MR) is 133 cm³/mol. The van der Waals surface area contributed by atoms with E-state index in [4.69, 9.17) is 20.5 Å². The molecule has 0 radical (unpaired) electrons. The molecule has 36 heavy (non-hydrogen) atoms. The number of hydrogen-bond acceptors (Lipinski definition) is 10. The minimum absolute atomic E-state index is 0.122. The normalized spacial score (nSPS) is 21.8. The van der Waals surface area contributed by atoms with Gasteiger partial charge < -0.3 is 9.32 Å². The van der Waals surface area contributed by atoms with Crippen molar-refractivity contribution in [3.8, 4) is 6.07 Å². The summed E-state index contributed by atoms with van der Waals surface area (Å²) in [6.07, 6.45) is 2.56. The maximum atomic E-state index is 13.2. The summed E-state index contributed by atoms with van der Waals surface area (Å²) in [6.45, 7) is 4.82. The Bertz CT molecular complexity index is 1290. The average Bonchev–Trinajstić information content (AvgIpc) is 3.63. The largest absolute Gasteiger partial charge is 0.463 e. The number of hydrogen-bond donors (Lipinski definition) is 1. The zero-order chi connectivity index (χ0) is 24.8. The van der Waals surface area contributed by atoms with Gasteiger partial charge >= 0.3 is 6.03 Å². The van der Waals surface area contributed by atoms with Crippen molar-refractivity contribution < 1.29 is 9.21 Å². The van der Waals surface area contributed by atoms with Crippen LogP contribution in [0.5, 0.6) is 0 Å². The van der Waals surface area contributed by atoms with Crippen molar-refractivity contribution >= 4 is 29.6 Å². The number of amides is 2. The van der Waals surface area contributed by atoms with Crippen molar-refractivity contribution in [1.82, 2.24) is 24.8 Å². The maximum absolute atomic E-state index is 13.2. The van der Waals surface area contributed by atoms with E-state index in [0.717, 1.165) is 38.4 Å². The quantitative estimate of drug-likeness (QED) is 0.624. The summed E-state index contributed by atoms with van der Waals surface area (Å²) in [5.74, 6) is 7.27. The molecule has 4 aliphatic rings. The highest BCUT2D eigenvalue weighted by Gasteiger charge is 2.51. The first-order valence-electron chi connectivity index (χ1n) is 11.8. The van der Waals surface area contributed by atoms with Crippen LogP contribution in [0.3, 0.4) is 0 Å². The van der Waals surface area contributed by atoms with Gasteiger partial charge in [-0.05, 0) is 36.4 Å². The number of benzene rings is 1. The third-order valence-corrected chi connectivity index (χ3v) is 6.95. The van der Waals surface area contributed by atoms with Gasteiger partial charge in [-0.1, -0.05) is 0 Å². The lowest BCUT2D eigenvalue weighted by molar-refractivity contribution is 0.0841. The molecule has 6 rings (SSSR count). The van der Waals surface area contributed by atoms with Crippen molar-refractivity contribution in [2.45, 2.75) is 6.29 Å². The van der Waals surface area contributed by atoms with Crippen LogP contribution in [0.15, 0.2) is 62.8 Å². The van der Waals surface area contributed by atoms with E-state index < -0.39 is 6.29 Å². The van der Waals surface area contributed by atoms with Crippen LogP contribution < -0.4 is 10.7 Å². The summed E-state index contributed by atoms with van der Waals surface area (Å²) >= 11 is 0. The lowest BCUT2D eigenvalue weighted by Gasteiger charge is -2.36. The molecular formula is C24H26N10O2. The number of carbonyl (C=O) groups is 1. The first kappa shape index (κ1) is 22.1. The average molecular weight is 487 g/mol. The van der Waals surface area contributed by atoms with Gasteiger partial charge in [-0.2, -0.15) is 5.26 Å². The molecule has 2 aromatic rings. The summed E-state index contributed by atoms with van der Waals surface area (Å²) < 4.78 is 5.58. The number of fused-ring (bicyclic) bond motifs is 3. The molecule has 5 heterocycles. The number of furan rings is 1.